The first-order valence-corrected chi connectivity index (χ1v) is 5.60. The fourth-order valence-electron chi connectivity index (χ4n) is 1.55. The van der Waals surface area contributed by atoms with E-state index >= 15 is 0 Å². The van der Waals surface area contributed by atoms with Gasteiger partial charge in [-0.1, -0.05) is 24.6 Å². The molecule has 17 heavy (non-hydrogen) atoms. The second kappa shape index (κ2) is 4.80. The molecule has 4 heteroatoms. The van der Waals surface area contributed by atoms with Crippen LogP contribution in [0.2, 0.25) is 5.02 Å². The minimum Gasteiger partial charge on any atom is -0.253 e. The number of aromatic nitrogens is 1. The zero-order chi connectivity index (χ0) is 12.4. The van der Waals surface area contributed by atoms with Gasteiger partial charge in [0, 0.05) is 11.3 Å². The van der Waals surface area contributed by atoms with Crippen LogP contribution in [0.4, 0.5) is 8.78 Å². The van der Waals surface area contributed by atoms with Crippen molar-refractivity contribution in [2.75, 3.05) is 0 Å². The summed E-state index contributed by atoms with van der Waals surface area (Å²) in [5.41, 5.74) is 1.83. The molecule has 88 valence electrons. The molecule has 0 spiro atoms. The lowest BCUT2D eigenvalue weighted by molar-refractivity contribution is 0.509. The molecule has 0 aliphatic heterocycles. The second-order valence-corrected chi connectivity index (χ2v) is 4.02. The Morgan fingerprint density at radius 1 is 1.18 bits per heavy atom. The monoisotopic (exact) mass is 253 g/mol. The molecule has 0 fully saturated rings. The van der Waals surface area contributed by atoms with Crippen LogP contribution in [0.3, 0.4) is 0 Å². The van der Waals surface area contributed by atoms with E-state index in [9.17, 15) is 8.78 Å². The van der Waals surface area contributed by atoms with Crippen molar-refractivity contribution in [2.24, 2.45) is 0 Å². The standard InChI is InChI=1S/C13H10ClF2N/c1-2-8-4-3-5-13(17-8)9-6-11(15)12(16)7-10(9)14/h3-7H,2H2,1H3. The summed E-state index contributed by atoms with van der Waals surface area (Å²) in [5.74, 6) is -1.88. The van der Waals surface area contributed by atoms with Crippen LogP contribution in [-0.4, -0.2) is 4.98 Å². The lowest BCUT2D eigenvalue weighted by Gasteiger charge is -2.06. The lowest BCUT2D eigenvalue weighted by atomic mass is 10.1. The summed E-state index contributed by atoms with van der Waals surface area (Å²) in [6, 6.07) is 7.44. The third kappa shape index (κ3) is 2.44. The van der Waals surface area contributed by atoms with E-state index in [2.05, 4.69) is 4.98 Å². The molecule has 0 unspecified atom stereocenters. The summed E-state index contributed by atoms with van der Waals surface area (Å²) in [7, 11) is 0. The largest absolute Gasteiger partial charge is 0.253 e. The molecule has 0 radical (unpaired) electrons. The smallest absolute Gasteiger partial charge is 0.160 e. The number of halogens is 3. The highest BCUT2D eigenvalue weighted by atomic mass is 35.5. The van der Waals surface area contributed by atoms with Crippen LogP contribution in [0.1, 0.15) is 12.6 Å². The first-order valence-electron chi connectivity index (χ1n) is 5.22. The zero-order valence-electron chi connectivity index (χ0n) is 9.17. The van der Waals surface area contributed by atoms with E-state index in [1.807, 2.05) is 19.1 Å². The van der Waals surface area contributed by atoms with Gasteiger partial charge in [0.05, 0.1) is 10.7 Å². The summed E-state index contributed by atoms with van der Waals surface area (Å²) in [5, 5.41) is 0.157. The summed E-state index contributed by atoms with van der Waals surface area (Å²) in [6.07, 6.45) is 0.773. The average Bonchev–Trinajstić information content (AvgIpc) is 2.34. The van der Waals surface area contributed by atoms with Gasteiger partial charge in [-0.05, 0) is 30.7 Å². The van der Waals surface area contributed by atoms with Crippen molar-refractivity contribution >= 4 is 11.6 Å². The number of hydrogen-bond acceptors (Lipinski definition) is 1. The van der Waals surface area contributed by atoms with Gasteiger partial charge in [-0.25, -0.2) is 8.78 Å². The Kier molecular flexibility index (Phi) is 3.38. The van der Waals surface area contributed by atoms with Crippen molar-refractivity contribution in [1.82, 2.24) is 4.98 Å². The minimum atomic E-state index is -0.953. The summed E-state index contributed by atoms with van der Waals surface area (Å²) in [4.78, 5) is 4.32. The van der Waals surface area contributed by atoms with Crippen molar-refractivity contribution in [1.29, 1.82) is 0 Å². The fourth-order valence-corrected chi connectivity index (χ4v) is 1.79. The fraction of sp³-hybridized carbons (Fsp3) is 0.154. The Labute approximate surface area is 103 Å². The topological polar surface area (TPSA) is 12.9 Å². The molecule has 1 aromatic carbocycles. The van der Waals surface area contributed by atoms with Crippen LogP contribution in [-0.2, 0) is 6.42 Å². The number of pyridine rings is 1. The van der Waals surface area contributed by atoms with Gasteiger partial charge in [0.1, 0.15) is 0 Å². The quantitative estimate of drug-likeness (QED) is 0.730. The summed E-state index contributed by atoms with van der Waals surface area (Å²) < 4.78 is 26.1. The molecule has 2 aromatic rings. The van der Waals surface area contributed by atoms with Gasteiger partial charge in [-0.15, -0.1) is 0 Å². The van der Waals surface area contributed by atoms with Gasteiger partial charge in [0.2, 0.25) is 0 Å². The van der Waals surface area contributed by atoms with E-state index in [-0.39, 0.29) is 5.02 Å². The van der Waals surface area contributed by atoms with Crippen molar-refractivity contribution in [2.45, 2.75) is 13.3 Å². The summed E-state index contributed by atoms with van der Waals surface area (Å²) in [6.45, 7) is 1.97. The van der Waals surface area contributed by atoms with E-state index in [1.165, 1.54) is 0 Å². The maximum atomic E-state index is 13.2. The molecule has 1 aromatic heterocycles. The molecule has 0 saturated heterocycles. The van der Waals surface area contributed by atoms with Gasteiger partial charge >= 0.3 is 0 Å². The van der Waals surface area contributed by atoms with Crippen LogP contribution >= 0.6 is 11.6 Å². The Hall–Kier alpha value is -1.48. The van der Waals surface area contributed by atoms with Gasteiger partial charge < -0.3 is 0 Å². The number of benzene rings is 1. The first-order chi connectivity index (χ1) is 8.11. The molecule has 0 aliphatic carbocycles. The molecule has 0 aliphatic rings. The molecule has 2 rings (SSSR count). The van der Waals surface area contributed by atoms with Gasteiger partial charge in [0.15, 0.2) is 11.6 Å². The van der Waals surface area contributed by atoms with Crippen molar-refractivity contribution in [3.05, 3.63) is 52.7 Å². The Bertz CT molecular complexity index is 555. The van der Waals surface area contributed by atoms with Crippen LogP contribution in [0.5, 0.6) is 0 Å². The first kappa shape index (κ1) is 12.0. The number of nitrogens with zero attached hydrogens (tertiary/aromatic N) is 1. The third-order valence-electron chi connectivity index (χ3n) is 2.45. The van der Waals surface area contributed by atoms with Crippen molar-refractivity contribution in [3.63, 3.8) is 0 Å². The van der Waals surface area contributed by atoms with Gasteiger partial charge in [-0.2, -0.15) is 0 Å². The van der Waals surface area contributed by atoms with Crippen LogP contribution in [0.15, 0.2) is 30.3 Å². The highest BCUT2D eigenvalue weighted by molar-refractivity contribution is 6.33. The Morgan fingerprint density at radius 2 is 1.88 bits per heavy atom. The number of hydrogen-bond donors (Lipinski definition) is 0. The minimum absolute atomic E-state index is 0.157. The van der Waals surface area contributed by atoms with Gasteiger partial charge in [0.25, 0.3) is 0 Å². The SMILES string of the molecule is CCc1cccc(-c2cc(F)c(F)cc2Cl)n1. The maximum Gasteiger partial charge on any atom is 0.160 e. The van der Waals surface area contributed by atoms with E-state index in [0.717, 1.165) is 24.2 Å². The number of rotatable bonds is 2. The normalized spacial score (nSPS) is 10.6. The second-order valence-electron chi connectivity index (χ2n) is 3.61. The molecule has 0 amide bonds. The molecular formula is C13H10ClF2N. The van der Waals surface area contributed by atoms with E-state index < -0.39 is 11.6 Å². The van der Waals surface area contributed by atoms with Crippen molar-refractivity contribution in [3.8, 4) is 11.3 Å². The van der Waals surface area contributed by atoms with Crippen LogP contribution in [0.25, 0.3) is 11.3 Å². The highest BCUT2D eigenvalue weighted by Gasteiger charge is 2.11. The van der Waals surface area contributed by atoms with E-state index in [1.54, 1.807) is 6.07 Å². The molecular weight excluding hydrogens is 244 g/mol. The molecule has 0 atom stereocenters. The van der Waals surface area contributed by atoms with Crippen LogP contribution < -0.4 is 0 Å². The summed E-state index contributed by atoms with van der Waals surface area (Å²) >= 11 is 5.88. The molecule has 0 saturated carbocycles. The Balaban J connectivity index is 2.56. The lowest BCUT2D eigenvalue weighted by Crippen LogP contribution is -1.93. The molecule has 1 heterocycles. The predicted octanol–water partition coefficient (Wildman–Crippen LogP) is 4.24. The van der Waals surface area contributed by atoms with Crippen LogP contribution in [0, 0.1) is 11.6 Å². The molecule has 0 N–H and O–H groups in total. The average molecular weight is 254 g/mol. The third-order valence-corrected chi connectivity index (χ3v) is 2.77. The van der Waals surface area contributed by atoms with E-state index in [0.29, 0.717) is 11.3 Å². The number of aryl methyl sites for hydroxylation is 1. The predicted molar refractivity (Wildman–Crippen MR) is 64.0 cm³/mol. The highest BCUT2D eigenvalue weighted by Crippen LogP contribution is 2.28. The Morgan fingerprint density at radius 3 is 2.59 bits per heavy atom. The van der Waals surface area contributed by atoms with Gasteiger partial charge in [-0.3, -0.25) is 4.98 Å². The molecule has 0 bridgehead atoms. The van der Waals surface area contributed by atoms with Crippen molar-refractivity contribution < 1.29 is 8.78 Å². The maximum absolute atomic E-state index is 13.2. The molecule has 1 nitrogen and oxygen atoms in total. The van der Waals surface area contributed by atoms with E-state index in [4.69, 9.17) is 11.6 Å². The zero-order valence-corrected chi connectivity index (χ0v) is 9.93.